The molecule has 2 saturated carbocycles. The molecule has 0 bridgehead atoms. The highest BCUT2D eigenvalue weighted by Crippen LogP contribution is 2.67. The van der Waals surface area contributed by atoms with E-state index in [0.29, 0.717) is 29.5 Å². The molecule has 6 nitrogen and oxygen atoms in total. The van der Waals surface area contributed by atoms with Gasteiger partial charge in [0.25, 0.3) is 0 Å². The Bertz CT molecular complexity index is 1480. The predicted octanol–water partition coefficient (Wildman–Crippen LogP) is 5.95. The van der Waals surface area contributed by atoms with Gasteiger partial charge in [-0.05, 0) is 73.7 Å². The lowest BCUT2D eigenvalue weighted by molar-refractivity contribution is -0.0564. The molecule has 1 N–H and O–H groups in total. The number of carboxylic acid groups (broad SMARTS) is 1. The van der Waals surface area contributed by atoms with Gasteiger partial charge in [-0.3, -0.25) is 4.90 Å². The van der Waals surface area contributed by atoms with Gasteiger partial charge in [-0.15, -0.1) is 0 Å². The predicted molar refractivity (Wildman–Crippen MR) is 151 cm³/mol. The van der Waals surface area contributed by atoms with Crippen LogP contribution >= 0.6 is 11.9 Å². The normalized spacial score (nSPS) is 30.3. The number of hydrogen-bond donors (Lipinski definition) is 1. The van der Waals surface area contributed by atoms with Crippen LogP contribution in [0.1, 0.15) is 71.8 Å². The quantitative estimate of drug-likeness (QED) is 0.412. The first-order valence-corrected chi connectivity index (χ1v) is 15.0. The number of hydrogen-bond acceptors (Lipinski definition) is 5. The van der Waals surface area contributed by atoms with Gasteiger partial charge in [-0.25, -0.2) is 9.10 Å². The summed E-state index contributed by atoms with van der Waals surface area (Å²) < 4.78 is 11.0. The van der Waals surface area contributed by atoms with E-state index in [4.69, 9.17) is 4.74 Å². The highest BCUT2D eigenvalue weighted by Gasteiger charge is 2.62. The molecule has 0 radical (unpaired) electrons. The number of methoxy groups -OCH3 is 1. The number of ether oxygens (including phenoxy) is 1. The zero-order chi connectivity index (χ0) is 25.8. The van der Waals surface area contributed by atoms with E-state index in [9.17, 15) is 9.90 Å². The summed E-state index contributed by atoms with van der Waals surface area (Å²) in [4.78, 5) is 14.5. The summed E-state index contributed by atoms with van der Waals surface area (Å²) in [5.41, 5.74) is 7.01. The zero-order valence-corrected chi connectivity index (χ0v) is 23.0. The third-order valence-electron chi connectivity index (χ3n) is 10.2. The maximum absolute atomic E-state index is 12.0. The van der Waals surface area contributed by atoms with E-state index >= 15 is 0 Å². The fourth-order valence-corrected chi connectivity index (χ4v) is 9.68. The van der Waals surface area contributed by atoms with Crippen LogP contribution in [0.5, 0.6) is 5.75 Å². The summed E-state index contributed by atoms with van der Waals surface area (Å²) >= 11 is 2.10. The van der Waals surface area contributed by atoms with Crippen LogP contribution in [0.2, 0.25) is 0 Å². The molecule has 0 amide bonds. The first-order valence-electron chi connectivity index (χ1n) is 14.2. The van der Waals surface area contributed by atoms with Crippen LogP contribution < -0.4 is 4.74 Å². The van der Waals surface area contributed by atoms with E-state index in [0.717, 1.165) is 37.3 Å². The molecule has 4 heterocycles. The summed E-state index contributed by atoms with van der Waals surface area (Å²) in [7, 11) is 4.00. The molecule has 5 aliphatic rings. The fourth-order valence-electron chi connectivity index (χ4n) is 7.96. The molecule has 2 aliphatic carbocycles. The number of aromatic nitrogens is 1. The first kappa shape index (κ1) is 23.4. The molecule has 2 aromatic carbocycles. The van der Waals surface area contributed by atoms with Crippen LogP contribution in [0, 0.1) is 0 Å². The number of carboxylic acids is 1. The van der Waals surface area contributed by atoms with Crippen LogP contribution in [0.4, 0.5) is 0 Å². The third-order valence-corrected chi connectivity index (χ3v) is 11.8. The summed E-state index contributed by atoms with van der Waals surface area (Å²) in [5, 5.41) is 11.1. The average Bonchev–Trinajstić information content (AvgIpc) is 3.57. The van der Waals surface area contributed by atoms with Gasteiger partial charge in [0.15, 0.2) is 0 Å². The standard InChI is InChI=1S/C31H35N3O3S/c1-32-15-27-26(32)16-34(27)38-31-14-24(31)23-13-20(37-2)9-11-21(23)29-28(18-6-4-3-5-7-18)22-10-8-19(30(35)36)12-25(22)33(29)17-31/h8-13,18,24,26-27H,3-7,14-17H2,1-2H3,(H,35,36)/t24?,26-,27?,31?/m0/s1. The molecule has 3 aromatic rings. The van der Waals surface area contributed by atoms with Crippen molar-refractivity contribution in [3.8, 4) is 17.0 Å². The second-order valence-electron chi connectivity index (χ2n) is 12.3. The van der Waals surface area contributed by atoms with E-state index in [1.54, 1.807) is 7.11 Å². The second-order valence-corrected chi connectivity index (χ2v) is 13.7. The fraction of sp³-hybridized carbons (Fsp3) is 0.516. The molecule has 0 spiro atoms. The minimum atomic E-state index is -0.852. The Kier molecular flexibility index (Phi) is 5.09. The van der Waals surface area contributed by atoms with Crippen LogP contribution in [-0.2, 0) is 6.54 Å². The smallest absolute Gasteiger partial charge is 0.335 e. The molecule has 2 saturated heterocycles. The lowest BCUT2D eigenvalue weighted by Crippen LogP contribution is -2.76. The van der Waals surface area contributed by atoms with Crippen molar-refractivity contribution in [3.63, 3.8) is 0 Å². The molecule has 4 atom stereocenters. The Morgan fingerprint density at radius 2 is 1.92 bits per heavy atom. The molecular formula is C31H35N3O3S. The summed E-state index contributed by atoms with van der Waals surface area (Å²) in [5.74, 6) is 1.07. The highest BCUT2D eigenvalue weighted by molar-refractivity contribution is 7.98. The van der Waals surface area contributed by atoms with Crippen LogP contribution in [0.15, 0.2) is 36.4 Å². The number of nitrogens with zero attached hydrogens (tertiary/aromatic N) is 3. The molecule has 7 heteroatoms. The minimum absolute atomic E-state index is 0.0977. The SMILES string of the molecule is COc1ccc2c(c1)C1CC1(SN1C[C@H]3C1CN3C)Cn1c-2c(C2CCCCC2)c2ccc(C(=O)O)cc21. The minimum Gasteiger partial charge on any atom is -0.497 e. The van der Waals surface area contributed by atoms with E-state index < -0.39 is 5.97 Å². The summed E-state index contributed by atoms with van der Waals surface area (Å²) in [6, 6.07) is 13.9. The number of carbonyl (C=O) groups is 1. The maximum atomic E-state index is 12.0. The largest absolute Gasteiger partial charge is 0.497 e. The maximum Gasteiger partial charge on any atom is 0.335 e. The van der Waals surface area contributed by atoms with Crippen molar-refractivity contribution in [1.29, 1.82) is 0 Å². The van der Waals surface area contributed by atoms with Crippen molar-refractivity contribution in [3.05, 3.63) is 53.1 Å². The van der Waals surface area contributed by atoms with Gasteiger partial charge in [0.2, 0.25) is 0 Å². The van der Waals surface area contributed by atoms with Gasteiger partial charge < -0.3 is 14.4 Å². The highest BCUT2D eigenvalue weighted by atomic mass is 32.2. The Hall–Kier alpha value is -2.48. The lowest BCUT2D eigenvalue weighted by atomic mass is 9.81. The molecule has 198 valence electrons. The van der Waals surface area contributed by atoms with Gasteiger partial charge >= 0.3 is 5.97 Å². The monoisotopic (exact) mass is 529 g/mol. The van der Waals surface area contributed by atoms with Crippen LogP contribution in [-0.4, -0.2) is 68.9 Å². The number of aromatic carboxylic acids is 1. The number of likely N-dealkylation sites (N-methyl/N-ethyl adjacent to an activating group) is 1. The van der Waals surface area contributed by atoms with Crippen LogP contribution in [0.25, 0.3) is 22.2 Å². The van der Waals surface area contributed by atoms with E-state index in [1.807, 2.05) is 12.1 Å². The van der Waals surface area contributed by atoms with Crippen molar-refractivity contribution >= 4 is 28.8 Å². The van der Waals surface area contributed by atoms with Crippen molar-refractivity contribution in [2.24, 2.45) is 0 Å². The van der Waals surface area contributed by atoms with Crippen molar-refractivity contribution in [2.75, 3.05) is 27.2 Å². The van der Waals surface area contributed by atoms with Crippen molar-refractivity contribution in [1.82, 2.24) is 13.8 Å². The average molecular weight is 530 g/mol. The Morgan fingerprint density at radius 3 is 2.63 bits per heavy atom. The Labute approximate surface area is 228 Å². The second kappa shape index (κ2) is 8.26. The molecule has 3 aliphatic heterocycles. The first-order chi connectivity index (χ1) is 18.5. The van der Waals surface area contributed by atoms with Gasteiger partial charge in [0, 0.05) is 54.1 Å². The van der Waals surface area contributed by atoms with E-state index in [-0.39, 0.29) is 4.75 Å². The van der Waals surface area contributed by atoms with E-state index in [1.165, 1.54) is 59.9 Å². The van der Waals surface area contributed by atoms with Crippen molar-refractivity contribution < 1.29 is 14.6 Å². The van der Waals surface area contributed by atoms with Gasteiger partial charge in [-0.1, -0.05) is 37.3 Å². The zero-order valence-electron chi connectivity index (χ0n) is 22.2. The van der Waals surface area contributed by atoms with Gasteiger partial charge in [0.1, 0.15) is 5.75 Å². The molecule has 8 rings (SSSR count). The summed E-state index contributed by atoms with van der Waals surface area (Å²) in [6.45, 7) is 3.22. The molecule has 1 aromatic heterocycles. The number of fused-ring (bicyclic) bond motifs is 8. The molecule has 38 heavy (non-hydrogen) atoms. The summed E-state index contributed by atoms with van der Waals surface area (Å²) in [6.07, 6.45) is 7.44. The third kappa shape index (κ3) is 3.24. The number of benzene rings is 2. The molecule has 4 fully saturated rings. The van der Waals surface area contributed by atoms with Gasteiger partial charge in [-0.2, -0.15) is 0 Å². The topological polar surface area (TPSA) is 57.9 Å². The lowest BCUT2D eigenvalue weighted by Gasteiger charge is -2.61. The van der Waals surface area contributed by atoms with E-state index in [2.05, 4.69) is 57.0 Å². The molecular weight excluding hydrogens is 494 g/mol. The molecule has 3 unspecified atom stereocenters. The van der Waals surface area contributed by atoms with Crippen LogP contribution in [0.3, 0.4) is 0 Å². The number of piperazine rings is 1. The number of rotatable bonds is 5. The van der Waals surface area contributed by atoms with Crippen molar-refractivity contribution in [2.45, 2.75) is 73.7 Å². The van der Waals surface area contributed by atoms with Gasteiger partial charge in [0.05, 0.1) is 23.1 Å². The Morgan fingerprint density at radius 1 is 1.08 bits per heavy atom. The Balaban J connectivity index is 1.33. The number of likely N-dealkylation sites (tertiary alicyclic amines) is 1.